The molecular formula is C11H22N2S. The van der Waals surface area contributed by atoms with Crippen LogP contribution in [0, 0.1) is 0 Å². The van der Waals surface area contributed by atoms with Crippen molar-refractivity contribution >= 4 is 12.6 Å². The number of piperidine rings is 1. The van der Waals surface area contributed by atoms with Gasteiger partial charge in [0.25, 0.3) is 0 Å². The molecule has 1 aliphatic rings. The molecule has 0 aromatic rings. The Balaban J connectivity index is 2.19. The molecule has 1 saturated heterocycles. The normalized spacial score (nSPS) is 21.1. The lowest BCUT2D eigenvalue weighted by atomic mass is 10.0. The van der Waals surface area contributed by atoms with Gasteiger partial charge in [0.2, 0.25) is 0 Å². The molecule has 0 saturated carbocycles. The van der Waals surface area contributed by atoms with Crippen LogP contribution >= 0.6 is 12.6 Å². The van der Waals surface area contributed by atoms with E-state index >= 15 is 0 Å². The molecule has 0 unspecified atom stereocenters. The third kappa shape index (κ3) is 4.03. The van der Waals surface area contributed by atoms with Crippen LogP contribution in [0.3, 0.4) is 0 Å². The first-order valence-electron chi connectivity index (χ1n) is 5.38. The van der Waals surface area contributed by atoms with Crippen LogP contribution in [0.15, 0.2) is 12.2 Å². The van der Waals surface area contributed by atoms with Crippen molar-refractivity contribution in [1.29, 1.82) is 0 Å². The van der Waals surface area contributed by atoms with Gasteiger partial charge in [0.15, 0.2) is 0 Å². The van der Waals surface area contributed by atoms with E-state index in [1.54, 1.807) is 0 Å². The maximum absolute atomic E-state index is 4.15. The lowest BCUT2D eigenvalue weighted by Crippen LogP contribution is -2.41. The molecule has 0 aliphatic carbocycles. The van der Waals surface area contributed by atoms with Crippen LogP contribution in [-0.2, 0) is 0 Å². The molecule has 82 valence electrons. The highest BCUT2D eigenvalue weighted by molar-refractivity contribution is 7.80. The van der Waals surface area contributed by atoms with E-state index in [9.17, 15) is 0 Å². The summed E-state index contributed by atoms with van der Waals surface area (Å²) in [4.78, 5) is 4.86. The van der Waals surface area contributed by atoms with E-state index < -0.39 is 0 Å². The molecule has 0 N–H and O–H groups in total. The Morgan fingerprint density at radius 3 is 2.43 bits per heavy atom. The second kappa shape index (κ2) is 6.49. The van der Waals surface area contributed by atoms with Crippen molar-refractivity contribution in [3.63, 3.8) is 0 Å². The van der Waals surface area contributed by atoms with Gasteiger partial charge in [-0.05, 0) is 40.0 Å². The van der Waals surface area contributed by atoms with E-state index in [-0.39, 0.29) is 0 Å². The molecule has 0 bridgehead atoms. The van der Waals surface area contributed by atoms with Crippen LogP contribution in [-0.4, -0.2) is 55.3 Å². The third-order valence-corrected chi connectivity index (χ3v) is 3.13. The predicted molar refractivity (Wildman–Crippen MR) is 66.1 cm³/mol. The van der Waals surface area contributed by atoms with E-state index in [1.807, 2.05) is 0 Å². The summed E-state index contributed by atoms with van der Waals surface area (Å²) >= 11 is 4.15. The van der Waals surface area contributed by atoms with Gasteiger partial charge in [-0.2, -0.15) is 12.6 Å². The van der Waals surface area contributed by atoms with Crippen molar-refractivity contribution in [3.8, 4) is 0 Å². The Hall–Kier alpha value is 0.01000. The van der Waals surface area contributed by atoms with Crippen LogP contribution in [0.25, 0.3) is 0 Å². The Morgan fingerprint density at radius 1 is 1.29 bits per heavy atom. The Bertz CT molecular complexity index is 172. The number of hydrogen-bond donors (Lipinski definition) is 1. The molecule has 0 atom stereocenters. The summed E-state index contributed by atoms with van der Waals surface area (Å²) in [5.41, 5.74) is 0. The number of nitrogens with zero attached hydrogens (tertiary/aromatic N) is 2. The van der Waals surface area contributed by atoms with E-state index in [4.69, 9.17) is 0 Å². The average molecular weight is 214 g/mol. The molecule has 0 radical (unpaired) electrons. The molecule has 0 amide bonds. The molecular weight excluding hydrogens is 192 g/mol. The van der Waals surface area contributed by atoms with Crippen molar-refractivity contribution in [3.05, 3.63) is 12.2 Å². The van der Waals surface area contributed by atoms with Crippen molar-refractivity contribution in [1.82, 2.24) is 9.80 Å². The van der Waals surface area contributed by atoms with Gasteiger partial charge in [0.1, 0.15) is 0 Å². The maximum Gasteiger partial charge on any atom is 0.0163 e. The van der Waals surface area contributed by atoms with Gasteiger partial charge in [-0.3, -0.25) is 4.90 Å². The fourth-order valence-corrected chi connectivity index (χ4v) is 2.07. The summed E-state index contributed by atoms with van der Waals surface area (Å²) in [5, 5.41) is 0. The lowest BCUT2D eigenvalue weighted by molar-refractivity contribution is 0.155. The molecule has 1 aliphatic heterocycles. The summed E-state index contributed by atoms with van der Waals surface area (Å²) in [6, 6.07) is 0.792. The number of rotatable bonds is 4. The Kier molecular flexibility index (Phi) is 5.60. The minimum atomic E-state index is 0.792. The van der Waals surface area contributed by atoms with Gasteiger partial charge >= 0.3 is 0 Å². The first-order valence-corrected chi connectivity index (χ1v) is 6.02. The molecule has 1 rings (SSSR count). The van der Waals surface area contributed by atoms with Gasteiger partial charge in [-0.15, -0.1) is 0 Å². The van der Waals surface area contributed by atoms with Gasteiger partial charge < -0.3 is 4.90 Å². The van der Waals surface area contributed by atoms with Gasteiger partial charge in [0, 0.05) is 18.3 Å². The molecule has 2 nitrogen and oxygen atoms in total. The highest BCUT2D eigenvalue weighted by Gasteiger charge is 2.19. The largest absolute Gasteiger partial charge is 0.306 e. The van der Waals surface area contributed by atoms with E-state index in [1.165, 1.54) is 25.9 Å². The molecule has 0 aromatic heterocycles. The van der Waals surface area contributed by atoms with Gasteiger partial charge in [0.05, 0.1) is 0 Å². The summed E-state index contributed by atoms with van der Waals surface area (Å²) in [6.45, 7) is 3.57. The predicted octanol–water partition coefficient (Wildman–Crippen LogP) is 1.50. The van der Waals surface area contributed by atoms with Crippen molar-refractivity contribution < 1.29 is 0 Å². The molecule has 0 spiro atoms. The smallest absolute Gasteiger partial charge is 0.0163 e. The van der Waals surface area contributed by atoms with E-state index in [2.05, 4.69) is 48.7 Å². The highest BCUT2D eigenvalue weighted by atomic mass is 32.1. The minimum Gasteiger partial charge on any atom is -0.306 e. The zero-order valence-electron chi connectivity index (χ0n) is 9.32. The molecule has 14 heavy (non-hydrogen) atoms. The lowest BCUT2D eigenvalue weighted by Gasteiger charge is -2.34. The standard InChI is InChI=1S/C11H22N2S/c1-12(2)11-5-8-13(9-6-11)7-3-4-10-14/h3-4,11,14H,5-10H2,1-2H3. The number of likely N-dealkylation sites (tertiary alicyclic amines) is 1. The fraction of sp³-hybridized carbons (Fsp3) is 0.818. The number of thiol groups is 1. The average Bonchev–Trinajstić information content (AvgIpc) is 2.19. The monoisotopic (exact) mass is 214 g/mol. The second-order valence-electron chi connectivity index (χ2n) is 4.15. The van der Waals surface area contributed by atoms with E-state index in [0.717, 1.165) is 18.3 Å². The fourth-order valence-electron chi connectivity index (χ4n) is 1.92. The number of hydrogen-bond acceptors (Lipinski definition) is 3. The summed E-state index contributed by atoms with van der Waals surface area (Å²) < 4.78 is 0. The molecule has 3 heteroatoms. The molecule has 0 aromatic carbocycles. The summed E-state index contributed by atoms with van der Waals surface area (Å²) in [5.74, 6) is 0.855. The maximum atomic E-state index is 4.15. The van der Waals surface area contributed by atoms with Crippen LogP contribution in [0.2, 0.25) is 0 Å². The second-order valence-corrected chi connectivity index (χ2v) is 4.51. The van der Waals surface area contributed by atoms with Gasteiger partial charge in [-0.1, -0.05) is 12.2 Å². The zero-order valence-corrected chi connectivity index (χ0v) is 10.2. The van der Waals surface area contributed by atoms with Gasteiger partial charge in [-0.25, -0.2) is 0 Å². The van der Waals surface area contributed by atoms with Crippen molar-refractivity contribution in [2.24, 2.45) is 0 Å². The first kappa shape index (κ1) is 12.1. The third-order valence-electron chi connectivity index (χ3n) is 2.92. The molecule has 1 fully saturated rings. The first-order chi connectivity index (χ1) is 6.74. The van der Waals surface area contributed by atoms with Crippen LogP contribution in [0.1, 0.15) is 12.8 Å². The topological polar surface area (TPSA) is 6.48 Å². The van der Waals surface area contributed by atoms with Crippen LogP contribution in [0.5, 0.6) is 0 Å². The van der Waals surface area contributed by atoms with Crippen molar-refractivity contribution in [2.45, 2.75) is 18.9 Å². The molecule has 1 heterocycles. The zero-order chi connectivity index (χ0) is 10.4. The Labute approximate surface area is 93.4 Å². The van der Waals surface area contributed by atoms with E-state index in [0.29, 0.717) is 0 Å². The van der Waals surface area contributed by atoms with Crippen molar-refractivity contribution in [2.75, 3.05) is 39.5 Å². The Morgan fingerprint density at radius 2 is 1.93 bits per heavy atom. The summed E-state index contributed by atoms with van der Waals surface area (Å²) in [6.07, 6.45) is 6.97. The highest BCUT2D eigenvalue weighted by Crippen LogP contribution is 2.13. The van der Waals surface area contributed by atoms with Crippen LogP contribution < -0.4 is 0 Å². The summed E-state index contributed by atoms with van der Waals surface area (Å²) in [7, 11) is 4.36. The minimum absolute atomic E-state index is 0.792. The SMILES string of the molecule is CN(C)C1CCN(CC=CCS)CC1. The van der Waals surface area contributed by atoms with Crippen LogP contribution in [0.4, 0.5) is 0 Å². The quantitative estimate of drug-likeness (QED) is 0.560.